The van der Waals surface area contributed by atoms with Gasteiger partial charge in [-0.2, -0.15) is 0 Å². The molecule has 0 rings (SSSR count). The van der Waals surface area contributed by atoms with Crippen molar-refractivity contribution in [3.63, 3.8) is 0 Å². The van der Waals surface area contributed by atoms with Crippen LogP contribution in [0.25, 0.3) is 0 Å². The summed E-state index contributed by atoms with van der Waals surface area (Å²) in [7, 11) is 0. The van der Waals surface area contributed by atoms with Crippen molar-refractivity contribution in [1.29, 1.82) is 0 Å². The van der Waals surface area contributed by atoms with Gasteiger partial charge in [0.2, 0.25) is 0 Å². The molecule has 12 heavy (non-hydrogen) atoms. The van der Waals surface area contributed by atoms with Gasteiger partial charge in [-0.25, -0.2) is 4.79 Å². The van der Waals surface area contributed by atoms with E-state index in [2.05, 4.69) is 9.47 Å². The lowest BCUT2D eigenvalue weighted by Gasteiger charge is -2.06. The molecule has 0 aliphatic rings. The van der Waals surface area contributed by atoms with E-state index < -0.39 is 12.5 Å². The van der Waals surface area contributed by atoms with Crippen LogP contribution in [0.1, 0.15) is 19.8 Å². The van der Waals surface area contributed by atoms with E-state index >= 15 is 0 Å². The number of carbonyl (C=O) groups excluding carboxylic acids is 1. The highest BCUT2D eigenvalue weighted by Gasteiger charge is 2.34. The maximum absolute atomic E-state index is 11.3. The third-order valence-electron chi connectivity index (χ3n) is 0.917. The molecule has 0 spiro atoms. The molecule has 0 saturated carbocycles. The molecule has 0 aromatic carbocycles. The van der Waals surface area contributed by atoms with E-state index in [4.69, 9.17) is 0 Å². The van der Waals surface area contributed by atoms with Crippen LogP contribution in [-0.4, -0.2) is 19.1 Å². The number of hydrogen-bond donors (Lipinski definition) is 0. The first-order valence-electron chi connectivity index (χ1n) is 3.38. The van der Waals surface area contributed by atoms with Gasteiger partial charge >= 0.3 is 12.5 Å². The number of rotatable bonds is 3. The van der Waals surface area contributed by atoms with E-state index in [1.54, 1.807) is 0 Å². The van der Waals surface area contributed by atoms with Gasteiger partial charge in [0.15, 0.2) is 0 Å². The van der Waals surface area contributed by atoms with E-state index in [1.165, 1.54) is 0 Å². The van der Waals surface area contributed by atoms with Crippen molar-refractivity contribution in [3.05, 3.63) is 0 Å². The van der Waals surface area contributed by atoms with Gasteiger partial charge in [-0.05, 0) is 6.42 Å². The predicted octanol–water partition coefficient (Wildman–Crippen LogP) is 2.46. The number of alkyl halides is 3. The molecule has 6 heteroatoms. The Morgan fingerprint density at radius 1 is 1.42 bits per heavy atom. The summed E-state index contributed by atoms with van der Waals surface area (Å²) in [6.45, 7) is 1.77. The molecule has 0 aromatic rings. The summed E-state index contributed by atoms with van der Waals surface area (Å²) in [5, 5.41) is 0. The van der Waals surface area contributed by atoms with Crippen LogP contribution in [0.4, 0.5) is 18.0 Å². The van der Waals surface area contributed by atoms with Crippen LogP contribution in [0.5, 0.6) is 0 Å². The molecule has 0 aliphatic heterocycles. The molecule has 3 nitrogen and oxygen atoms in total. The molecular formula is C6H9F3O3. The number of halogens is 3. The van der Waals surface area contributed by atoms with E-state index in [9.17, 15) is 18.0 Å². The van der Waals surface area contributed by atoms with Crippen LogP contribution in [0.3, 0.4) is 0 Å². The lowest BCUT2D eigenvalue weighted by Crippen LogP contribution is -2.20. The number of unbranched alkanes of at least 4 members (excludes halogenated alkanes) is 1. The smallest absolute Gasteiger partial charge is 0.434 e. The van der Waals surface area contributed by atoms with E-state index in [1.807, 2.05) is 6.92 Å². The Kier molecular flexibility index (Phi) is 4.46. The Balaban J connectivity index is 3.47. The fourth-order valence-electron chi connectivity index (χ4n) is 0.424. The van der Waals surface area contributed by atoms with Gasteiger partial charge in [-0.3, -0.25) is 0 Å². The third kappa shape index (κ3) is 7.17. The highest BCUT2D eigenvalue weighted by Crippen LogP contribution is 2.16. The third-order valence-corrected chi connectivity index (χ3v) is 0.917. The summed E-state index contributed by atoms with van der Waals surface area (Å²) < 4.78 is 40.9. The first-order chi connectivity index (χ1) is 5.45. The van der Waals surface area contributed by atoms with Crippen LogP contribution in [-0.2, 0) is 9.47 Å². The molecule has 0 radical (unpaired) electrons. The molecule has 72 valence electrons. The Morgan fingerprint density at radius 2 is 2.00 bits per heavy atom. The lowest BCUT2D eigenvalue weighted by atomic mass is 10.4. The van der Waals surface area contributed by atoms with Gasteiger partial charge in [0, 0.05) is 0 Å². The zero-order valence-corrected chi connectivity index (χ0v) is 6.48. The normalized spacial score (nSPS) is 11.0. The highest BCUT2D eigenvalue weighted by atomic mass is 19.4. The van der Waals surface area contributed by atoms with Gasteiger partial charge in [0.1, 0.15) is 0 Å². The van der Waals surface area contributed by atoms with Gasteiger partial charge in [0.25, 0.3) is 0 Å². The van der Waals surface area contributed by atoms with Gasteiger partial charge in [-0.15, -0.1) is 13.2 Å². The minimum Gasteiger partial charge on any atom is -0.434 e. The topological polar surface area (TPSA) is 35.5 Å². The summed E-state index contributed by atoms with van der Waals surface area (Å²) in [5.41, 5.74) is 0. The molecule has 0 saturated heterocycles. The maximum atomic E-state index is 11.3. The fourth-order valence-corrected chi connectivity index (χ4v) is 0.424. The standard InChI is InChI=1S/C6H9F3O3/c1-2-3-4-11-5(10)12-6(7,8)9/h2-4H2,1H3. The summed E-state index contributed by atoms with van der Waals surface area (Å²) in [5.74, 6) is 0. The summed E-state index contributed by atoms with van der Waals surface area (Å²) in [6, 6.07) is 0. The summed E-state index contributed by atoms with van der Waals surface area (Å²) in [6.07, 6.45) is -5.40. The first-order valence-corrected chi connectivity index (χ1v) is 3.38. The van der Waals surface area contributed by atoms with Crippen molar-refractivity contribution in [2.24, 2.45) is 0 Å². The molecule has 0 atom stereocenters. The number of hydrogen-bond acceptors (Lipinski definition) is 3. The van der Waals surface area contributed by atoms with Gasteiger partial charge < -0.3 is 9.47 Å². The molecule has 0 unspecified atom stereocenters. The predicted molar refractivity (Wildman–Crippen MR) is 33.4 cm³/mol. The van der Waals surface area contributed by atoms with Crippen LogP contribution in [0.2, 0.25) is 0 Å². The molecule has 0 N–H and O–H groups in total. The molecule has 0 amide bonds. The Bertz CT molecular complexity index is 143. The zero-order chi connectivity index (χ0) is 9.61. The van der Waals surface area contributed by atoms with Crippen molar-refractivity contribution in [2.45, 2.75) is 26.1 Å². The van der Waals surface area contributed by atoms with Crippen LogP contribution in [0.15, 0.2) is 0 Å². The van der Waals surface area contributed by atoms with Crippen molar-refractivity contribution in [2.75, 3.05) is 6.61 Å². The number of ether oxygens (including phenoxy) is 2. The average molecular weight is 186 g/mol. The molecule has 0 heterocycles. The lowest BCUT2D eigenvalue weighted by molar-refractivity contribution is -0.299. The van der Waals surface area contributed by atoms with E-state index in [0.717, 1.165) is 6.42 Å². The second kappa shape index (κ2) is 4.84. The second-order valence-corrected chi connectivity index (χ2v) is 2.00. The molecule has 0 aromatic heterocycles. The monoisotopic (exact) mass is 186 g/mol. The van der Waals surface area contributed by atoms with Crippen molar-refractivity contribution in [3.8, 4) is 0 Å². The van der Waals surface area contributed by atoms with Crippen LogP contribution in [0, 0.1) is 0 Å². The first kappa shape index (κ1) is 11.1. The molecule has 0 bridgehead atoms. The zero-order valence-electron chi connectivity index (χ0n) is 6.48. The van der Waals surface area contributed by atoms with E-state index in [0.29, 0.717) is 6.42 Å². The number of carbonyl (C=O) groups is 1. The maximum Gasteiger partial charge on any atom is 0.577 e. The van der Waals surface area contributed by atoms with Crippen molar-refractivity contribution < 1.29 is 27.4 Å². The van der Waals surface area contributed by atoms with Gasteiger partial charge in [-0.1, -0.05) is 13.3 Å². The molecular weight excluding hydrogens is 177 g/mol. The van der Waals surface area contributed by atoms with Crippen LogP contribution < -0.4 is 0 Å². The minimum atomic E-state index is -4.96. The van der Waals surface area contributed by atoms with E-state index in [-0.39, 0.29) is 6.61 Å². The molecule has 0 fully saturated rings. The quantitative estimate of drug-likeness (QED) is 0.501. The second-order valence-electron chi connectivity index (χ2n) is 2.00. The summed E-state index contributed by atoms with van der Waals surface area (Å²) in [4.78, 5) is 10.2. The Morgan fingerprint density at radius 3 is 2.42 bits per heavy atom. The average Bonchev–Trinajstić information content (AvgIpc) is 1.84. The van der Waals surface area contributed by atoms with Gasteiger partial charge in [0.05, 0.1) is 6.61 Å². The Labute approximate surface area is 67.4 Å². The SMILES string of the molecule is CCCCOC(=O)OC(F)(F)F. The highest BCUT2D eigenvalue weighted by molar-refractivity contribution is 5.59. The Hall–Kier alpha value is -0.940. The van der Waals surface area contributed by atoms with Crippen molar-refractivity contribution >= 4 is 6.16 Å². The van der Waals surface area contributed by atoms with Crippen LogP contribution >= 0.6 is 0 Å². The fraction of sp³-hybridized carbons (Fsp3) is 0.833. The summed E-state index contributed by atoms with van der Waals surface area (Å²) >= 11 is 0. The minimum absolute atomic E-state index is 0.0502. The molecule has 0 aliphatic carbocycles. The largest absolute Gasteiger partial charge is 0.577 e. The van der Waals surface area contributed by atoms with Crippen molar-refractivity contribution in [1.82, 2.24) is 0 Å².